The van der Waals surface area contributed by atoms with E-state index in [1.54, 1.807) is 0 Å². The SMILES string of the molecule is CC1(C)C[C@H]2C=C(CO)[C@](C)(C(=O)CCl)[C@@H]2[C@H]1O. The normalized spacial score (nSPS) is 41.7. The van der Waals surface area contributed by atoms with Gasteiger partial charge in [-0.15, -0.1) is 11.6 Å². The molecular weight excluding hydrogens is 252 g/mol. The zero-order chi connectivity index (χ0) is 13.7. The second-order valence-electron chi connectivity index (χ2n) is 6.44. The van der Waals surface area contributed by atoms with E-state index in [4.69, 9.17) is 11.6 Å². The Kier molecular flexibility index (Phi) is 3.37. The summed E-state index contributed by atoms with van der Waals surface area (Å²) in [6, 6.07) is 0. The van der Waals surface area contributed by atoms with Gasteiger partial charge in [0, 0.05) is 5.92 Å². The van der Waals surface area contributed by atoms with Crippen molar-refractivity contribution in [3.05, 3.63) is 11.6 Å². The zero-order valence-electron chi connectivity index (χ0n) is 11.1. The van der Waals surface area contributed by atoms with Crippen molar-refractivity contribution < 1.29 is 15.0 Å². The maximum atomic E-state index is 12.2. The molecule has 0 bridgehead atoms. The molecule has 1 saturated carbocycles. The Bertz CT molecular complexity index is 402. The Hall–Kier alpha value is -0.380. The van der Waals surface area contributed by atoms with Crippen molar-refractivity contribution in [1.29, 1.82) is 0 Å². The molecule has 0 aromatic heterocycles. The number of alkyl halides is 1. The molecule has 102 valence electrons. The number of carbonyl (C=O) groups excluding carboxylic acids is 1. The first-order chi connectivity index (χ1) is 8.29. The van der Waals surface area contributed by atoms with E-state index in [1.807, 2.05) is 26.8 Å². The Morgan fingerprint density at radius 3 is 2.61 bits per heavy atom. The first-order valence-corrected chi connectivity index (χ1v) is 6.92. The minimum Gasteiger partial charge on any atom is -0.392 e. The van der Waals surface area contributed by atoms with Gasteiger partial charge in [-0.3, -0.25) is 4.79 Å². The summed E-state index contributed by atoms with van der Waals surface area (Å²) in [6.45, 7) is 5.72. The summed E-state index contributed by atoms with van der Waals surface area (Å²) in [7, 11) is 0. The number of rotatable bonds is 3. The monoisotopic (exact) mass is 272 g/mol. The molecule has 2 aliphatic rings. The fourth-order valence-electron chi connectivity index (χ4n) is 3.85. The van der Waals surface area contributed by atoms with Crippen LogP contribution in [0.4, 0.5) is 0 Å². The molecule has 0 unspecified atom stereocenters. The van der Waals surface area contributed by atoms with Crippen LogP contribution in [0.2, 0.25) is 0 Å². The van der Waals surface area contributed by atoms with Crippen LogP contribution in [-0.4, -0.2) is 34.6 Å². The number of hydrogen-bond donors (Lipinski definition) is 2. The predicted molar refractivity (Wildman–Crippen MR) is 70.4 cm³/mol. The number of fused-ring (bicyclic) bond motifs is 1. The summed E-state index contributed by atoms with van der Waals surface area (Å²) in [5.41, 5.74) is -0.285. The number of hydrogen-bond acceptors (Lipinski definition) is 3. The summed E-state index contributed by atoms with van der Waals surface area (Å²) in [5.74, 6) is -0.173. The lowest BCUT2D eigenvalue weighted by Crippen LogP contribution is -2.44. The highest BCUT2D eigenvalue weighted by Gasteiger charge is 2.60. The standard InChI is InChI=1S/C14H21ClO3/c1-13(2)5-8-4-9(7-16)14(3,10(17)6-15)11(8)12(13)18/h4,8,11-12,16,18H,5-7H2,1-3H3/t8-,11+,12-,14-/m1/s1. The molecule has 4 atom stereocenters. The number of aliphatic hydroxyl groups excluding tert-OH is 2. The molecule has 0 saturated heterocycles. The van der Waals surface area contributed by atoms with Crippen LogP contribution in [0, 0.1) is 22.7 Å². The summed E-state index contributed by atoms with van der Waals surface area (Å²) in [4.78, 5) is 12.2. The molecule has 2 aliphatic carbocycles. The van der Waals surface area contributed by atoms with Gasteiger partial charge in [-0.25, -0.2) is 0 Å². The molecule has 0 spiro atoms. The van der Waals surface area contributed by atoms with Crippen LogP contribution in [0.15, 0.2) is 11.6 Å². The fourth-order valence-corrected chi connectivity index (χ4v) is 4.13. The average Bonchev–Trinajstić information content (AvgIpc) is 2.71. The molecule has 0 aromatic rings. The van der Waals surface area contributed by atoms with Crippen LogP contribution in [0.3, 0.4) is 0 Å². The molecule has 0 radical (unpaired) electrons. The van der Waals surface area contributed by atoms with E-state index in [1.165, 1.54) is 0 Å². The van der Waals surface area contributed by atoms with Crippen LogP contribution >= 0.6 is 11.6 Å². The topological polar surface area (TPSA) is 57.5 Å². The number of carbonyl (C=O) groups is 1. The summed E-state index contributed by atoms with van der Waals surface area (Å²) < 4.78 is 0. The minimum absolute atomic E-state index is 0.0792. The minimum atomic E-state index is -0.811. The second kappa shape index (κ2) is 4.32. The van der Waals surface area contributed by atoms with Gasteiger partial charge in [0.05, 0.1) is 24.0 Å². The molecule has 2 N–H and O–H groups in total. The van der Waals surface area contributed by atoms with E-state index in [9.17, 15) is 15.0 Å². The van der Waals surface area contributed by atoms with Crippen molar-refractivity contribution in [2.24, 2.45) is 22.7 Å². The first-order valence-electron chi connectivity index (χ1n) is 6.38. The Balaban J connectivity index is 2.45. The Morgan fingerprint density at radius 2 is 2.11 bits per heavy atom. The van der Waals surface area contributed by atoms with Gasteiger partial charge >= 0.3 is 0 Å². The van der Waals surface area contributed by atoms with E-state index >= 15 is 0 Å². The van der Waals surface area contributed by atoms with Gasteiger partial charge in [-0.05, 0) is 30.3 Å². The van der Waals surface area contributed by atoms with Crippen LogP contribution in [0.5, 0.6) is 0 Å². The lowest BCUT2D eigenvalue weighted by atomic mass is 9.68. The molecule has 0 amide bonds. The van der Waals surface area contributed by atoms with Crippen LogP contribution in [0.25, 0.3) is 0 Å². The van der Waals surface area contributed by atoms with Gasteiger partial charge in [0.25, 0.3) is 0 Å². The van der Waals surface area contributed by atoms with E-state index in [0.29, 0.717) is 0 Å². The average molecular weight is 273 g/mol. The van der Waals surface area contributed by atoms with Crippen molar-refractivity contribution in [1.82, 2.24) is 0 Å². The quantitative estimate of drug-likeness (QED) is 0.608. The highest BCUT2D eigenvalue weighted by atomic mass is 35.5. The molecule has 18 heavy (non-hydrogen) atoms. The Morgan fingerprint density at radius 1 is 1.50 bits per heavy atom. The van der Waals surface area contributed by atoms with E-state index in [-0.39, 0.29) is 35.5 Å². The highest BCUT2D eigenvalue weighted by Crippen LogP contribution is 2.59. The Labute approximate surface area is 113 Å². The van der Waals surface area contributed by atoms with Crippen molar-refractivity contribution in [3.8, 4) is 0 Å². The van der Waals surface area contributed by atoms with Gasteiger partial charge in [-0.2, -0.15) is 0 Å². The van der Waals surface area contributed by atoms with Crippen molar-refractivity contribution in [2.45, 2.75) is 33.3 Å². The smallest absolute Gasteiger partial charge is 0.157 e. The maximum Gasteiger partial charge on any atom is 0.157 e. The number of ketones is 1. The molecule has 0 aromatic carbocycles. The van der Waals surface area contributed by atoms with Gasteiger partial charge in [0.2, 0.25) is 0 Å². The third-order valence-electron chi connectivity index (χ3n) is 4.98. The van der Waals surface area contributed by atoms with Crippen molar-refractivity contribution in [3.63, 3.8) is 0 Å². The van der Waals surface area contributed by atoms with Gasteiger partial charge < -0.3 is 10.2 Å². The fraction of sp³-hybridized carbons (Fsp3) is 0.786. The molecule has 2 rings (SSSR count). The number of halogens is 1. The van der Waals surface area contributed by atoms with Crippen LogP contribution in [-0.2, 0) is 4.79 Å². The van der Waals surface area contributed by atoms with E-state index in [2.05, 4.69) is 0 Å². The number of Topliss-reactive ketones (excluding diaryl/α,β-unsaturated/α-hetero) is 1. The van der Waals surface area contributed by atoms with Crippen molar-refractivity contribution >= 4 is 17.4 Å². The van der Waals surface area contributed by atoms with E-state index in [0.717, 1.165) is 12.0 Å². The number of aliphatic hydroxyl groups is 2. The van der Waals surface area contributed by atoms with Gasteiger partial charge in [0.15, 0.2) is 5.78 Å². The molecule has 3 nitrogen and oxygen atoms in total. The molecule has 0 heterocycles. The highest BCUT2D eigenvalue weighted by molar-refractivity contribution is 6.28. The zero-order valence-corrected chi connectivity index (χ0v) is 11.9. The van der Waals surface area contributed by atoms with Crippen LogP contribution < -0.4 is 0 Å². The summed E-state index contributed by atoms with van der Waals surface area (Å²) in [5, 5.41) is 20.0. The third kappa shape index (κ3) is 1.68. The first kappa shape index (κ1) is 14.0. The largest absolute Gasteiger partial charge is 0.392 e. The molecule has 0 aliphatic heterocycles. The summed E-state index contributed by atoms with van der Waals surface area (Å²) in [6.07, 6.45) is 2.28. The van der Waals surface area contributed by atoms with E-state index < -0.39 is 11.5 Å². The maximum absolute atomic E-state index is 12.2. The lowest BCUT2D eigenvalue weighted by molar-refractivity contribution is -0.129. The van der Waals surface area contributed by atoms with Crippen LogP contribution in [0.1, 0.15) is 27.2 Å². The van der Waals surface area contributed by atoms with Gasteiger partial charge in [0.1, 0.15) is 0 Å². The van der Waals surface area contributed by atoms with Crippen molar-refractivity contribution in [2.75, 3.05) is 12.5 Å². The molecular formula is C14H21ClO3. The predicted octanol–water partition coefficient (Wildman–Crippen LogP) is 1.76. The second-order valence-corrected chi connectivity index (χ2v) is 6.70. The third-order valence-corrected chi connectivity index (χ3v) is 5.23. The summed E-state index contributed by atoms with van der Waals surface area (Å²) >= 11 is 5.71. The molecule has 4 heteroatoms. The number of allylic oxidation sites excluding steroid dienone is 1. The molecule has 1 fully saturated rings. The lowest BCUT2D eigenvalue weighted by Gasteiger charge is -2.37. The van der Waals surface area contributed by atoms with Gasteiger partial charge in [-0.1, -0.05) is 19.9 Å².